The SMILES string of the molecule is C[C@H](Nc1nc(Cl)cc(N2C(=O)OC[C@@H]2C2CC2)n1)c1cnn(-c2ccc(Cl)cc2)c1. The number of carbonyl (C=O) groups excluding carboxylic acids is 1. The van der Waals surface area contributed by atoms with Crippen LogP contribution in [0.3, 0.4) is 0 Å². The number of nitrogens with zero attached hydrogens (tertiary/aromatic N) is 5. The highest BCUT2D eigenvalue weighted by Gasteiger charge is 2.44. The molecule has 2 aliphatic rings. The minimum absolute atomic E-state index is 0.00125. The second-order valence-corrected chi connectivity index (χ2v) is 8.61. The molecule has 2 aromatic heterocycles. The molecule has 3 heterocycles. The van der Waals surface area contributed by atoms with Gasteiger partial charge >= 0.3 is 6.09 Å². The van der Waals surface area contributed by atoms with Gasteiger partial charge in [0.15, 0.2) is 0 Å². The number of ether oxygens (including phenoxy) is 1. The molecule has 1 aliphatic heterocycles. The van der Waals surface area contributed by atoms with E-state index in [1.807, 2.05) is 37.4 Å². The third-order valence-electron chi connectivity index (χ3n) is 5.54. The molecule has 160 valence electrons. The number of benzene rings is 1. The Kier molecular flexibility index (Phi) is 5.19. The van der Waals surface area contributed by atoms with E-state index in [1.54, 1.807) is 21.8 Å². The molecule has 0 spiro atoms. The van der Waals surface area contributed by atoms with Crippen LogP contribution in [0.15, 0.2) is 42.7 Å². The molecule has 31 heavy (non-hydrogen) atoms. The van der Waals surface area contributed by atoms with Crippen molar-refractivity contribution in [1.82, 2.24) is 19.7 Å². The van der Waals surface area contributed by atoms with Gasteiger partial charge in [0.05, 0.1) is 24.0 Å². The maximum absolute atomic E-state index is 12.3. The predicted molar refractivity (Wildman–Crippen MR) is 118 cm³/mol. The standard InChI is InChI=1S/C21H20Cl2N6O2/c1-12(14-9-24-28(10-14)16-6-4-15(22)5-7-16)25-20-26-18(23)8-19(27-20)29-17(13-2-3-13)11-31-21(29)30/h4-10,12-13,17H,2-3,11H2,1H3,(H,25,26,27)/t12-,17+/m0/s1. The smallest absolute Gasteiger partial charge is 0.415 e. The van der Waals surface area contributed by atoms with Crippen molar-refractivity contribution in [3.63, 3.8) is 0 Å². The average Bonchev–Trinajstić information content (AvgIpc) is 3.32. The molecule has 0 bridgehead atoms. The maximum atomic E-state index is 12.3. The third-order valence-corrected chi connectivity index (χ3v) is 5.99. The predicted octanol–water partition coefficient (Wildman–Crippen LogP) is 4.88. The highest BCUT2D eigenvalue weighted by Crippen LogP contribution is 2.40. The normalized spacial score (nSPS) is 19.4. The van der Waals surface area contributed by atoms with Crippen LogP contribution in [0.25, 0.3) is 5.69 Å². The van der Waals surface area contributed by atoms with Crippen molar-refractivity contribution in [2.45, 2.75) is 31.8 Å². The first kappa shape index (κ1) is 20.1. The first-order valence-corrected chi connectivity index (χ1v) is 10.8. The fraction of sp³-hybridized carbons (Fsp3) is 0.333. The molecule has 1 aromatic carbocycles. The van der Waals surface area contributed by atoms with Crippen LogP contribution in [-0.2, 0) is 4.74 Å². The van der Waals surface area contributed by atoms with Crippen molar-refractivity contribution < 1.29 is 9.53 Å². The Morgan fingerprint density at radius 1 is 1.19 bits per heavy atom. The van der Waals surface area contributed by atoms with Gasteiger partial charge in [0.25, 0.3) is 0 Å². The number of anilines is 2. The summed E-state index contributed by atoms with van der Waals surface area (Å²) in [6.07, 6.45) is 5.49. The largest absolute Gasteiger partial charge is 0.447 e. The van der Waals surface area contributed by atoms with Gasteiger partial charge in [-0.25, -0.2) is 14.5 Å². The molecule has 1 aliphatic carbocycles. The van der Waals surface area contributed by atoms with E-state index in [0.717, 1.165) is 24.1 Å². The van der Waals surface area contributed by atoms with Gasteiger partial charge < -0.3 is 10.1 Å². The van der Waals surface area contributed by atoms with Crippen molar-refractivity contribution >= 4 is 41.1 Å². The van der Waals surface area contributed by atoms with Gasteiger partial charge in [-0.3, -0.25) is 4.90 Å². The van der Waals surface area contributed by atoms with Crippen LogP contribution in [-0.4, -0.2) is 38.5 Å². The Labute approximate surface area is 189 Å². The van der Waals surface area contributed by atoms with E-state index in [4.69, 9.17) is 27.9 Å². The molecule has 10 heteroatoms. The molecule has 1 saturated heterocycles. The van der Waals surface area contributed by atoms with Gasteiger partial charge in [0.2, 0.25) is 5.95 Å². The quantitative estimate of drug-likeness (QED) is 0.529. The number of cyclic esters (lactones) is 1. The van der Waals surface area contributed by atoms with Crippen LogP contribution in [0.4, 0.5) is 16.6 Å². The van der Waals surface area contributed by atoms with Crippen molar-refractivity contribution in [3.05, 3.63) is 58.5 Å². The Balaban J connectivity index is 1.35. The average molecular weight is 459 g/mol. The van der Waals surface area contributed by atoms with Crippen LogP contribution in [0.5, 0.6) is 0 Å². The zero-order chi connectivity index (χ0) is 21.5. The summed E-state index contributed by atoms with van der Waals surface area (Å²) in [6, 6.07) is 8.89. The number of carbonyl (C=O) groups is 1. The summed E-state index contributed by atoms with van der Waals surface area (Å²) in [6.45, 7) is 2.36. The number of aromatic nitrogens is 4. The Bertz CT molecular complexity index is 1120. The molecule has 1 saturated carbocycles. The highest BCUT2D eigenvalue weighted by molar-refractivity contribution is 6.30. The summed E-state index contributed by atoms with van der Waals surface area (Å²) in [5.74, 6) is 1.24. The molecule has 3 aromatic rings. The monoisotopic (exact) mass is 458 g/mol. The highest BCUT2D eigenvalue weighted by atomic mass is 35.5. The molecule has 0 unspecified atom stereocenters. The van der Waals surface area contributed by atoms with Crippen LogP contribution in [0.2, 0.25) is 10.2 Å². The van der Waals surface area contributed by atoms with E-state index in [-0.39, 0.29) is 17.2 Å². The zero-order valence-electron chi connectivity index (χ0n) is 16.7. The third kappa shape index (κ3) is 4.18. The zero-order valence-corrected chi connectivity index (χ0v) is 18.2. The van der Waals surface area contributed by atoms with E-state index in [2.05, 4.69) is 20.4 Å². The second kappa shape index (κ2) is 8.01. The van der Waals surface area contributed by atoms with E-state index >= 15 is 0 Å². The van der Waals surface area contributed by atoms with Crippen LogP contribution < -0.4 is 10.2 Å². The van der Waals surface area contributed by atoms with Crippen LogP contribution >= 0.6 is 23.2 Å². The topological polar surface area (TPSA) is 85.2 Å². The second-order valence-electron chi connectivity index (χ2n) is 7.78. The molecule has 1 N–H and O–H groups in total. The van der Waals surface area contributed by atoms with Crippen LogP contribution in [0, 0.1) is 5.92 Å². The van der Waals surface area contributed by atoms with Crippen molar-refractivity contribution in [2.24, 2.45) is 5.92 Å². The molecular formula is C21H20Cl2N6O2. The fourth-order valence-corrected chi connectivity index (χ4v) is 4.00. The first-order chi connectivity index (χ1) is 15.0. The lowest BCUT2D eigenvalue weighted by Crippen LogP contribution is -2.35. The molecule has 5 rings (SSSR count). The van der Waals surface area contributed by atoms with E-state index in [9.17, 15) is 4.79 Å². The lowest BCUT2D eigenvalue weighted by molar-refractivity contribution is 0.178. The van der Waals surface area contributed by atoms with Crippen molar-refractivity contribution in [2.75, 3.05) is 16.8 Å². The van der Waals surface area contributed by atoms with E-state index in [0.29, 0.717) is 29.3 Å². The van der Waals surface area contributed by atoms with Crippen molar-refractivity contribution in [1.29, 1.82) is 0 Å². The summed E-state index contributed by atoms with van der Waals surface area (Å²) in [7, 11) is 0. The summed E-state index contributed by atoms with van der Waals surface area (Å²) in [5.41, 5.74) is 1.85. The lowest BCUT2D eigenvalue weighted by Gasteiger charge is -2.21. The molecule has 2 atom stereocenters. The summed E-state index contributed by atoms with van der Waals surface area (Å²) in [5, 5.41) is 8.60. The van der Waals surface area contributed by atoms with E-state index in [1.165, 1.54) is 0 Å². The molecule has 2 fully saturated rings. The lowest BCUT2D eigenvalue weighted by atomic mass is 10.2. The molecular weight excluding hydrogens is 439 g/mol. The summed E-state index contributed by atoms with van der Waals surface area (Å²) >= 11 is 12.2. The van der Waals surface area contributed by atoms with Gasteiger partial charge in [0.1, 0.15) is 17.6 Å². The minimum Gasteiger partial charge on any atom is -0.447 e. The number of rotatable bonds is 6. The number of hydrogen-bond acceptors (Lipinski definition) is 6. The van der Waals surface area contributed by atoms with Gasteiger partial charge in [-0.1, -0.05) is 23.2 Å². The number of nitrogens with one attached hydrogen (secondary N) is 1. The maximum Gasteiger partial charge on any atom is 0.415 e. The number of hydrogen-bond donors (Lipinski definition) is 1. The van der Waals surface area contributed by atoms with Gasteiger partial charge in [0, 0.05) is 22.8 Å². The first-order valence-electron chi connectivity index (χ1n) is 10.1. The summed E-state index contributed by atoms with van der Waals surface area (Å²) in [4.78, 5) is 22.7. The molecule has 1 amide bonds. The number of halogens is 2. The summed E-state index contributed by atoms with van der Waals surface area (Å²) < 4.78 is 7.03. The van der Waals surface area contributed by atoms with E-state index < -0.39 is 6.09 Å². The minimum atomic E-state index is -0.394. The molecule has 8 nitrogen and oxygen atoms in total. The van der Waals surface area contributed by atoms with Gasteiger partial charge in [-0.15, -0.1) is 0 Å². The Morgan fingerprint density at radius 3 is 2.71 bits per heavy atom. The van der Waals surface area contributed by atoms with Crippen LogP contribution in [0.1, 0.15) is 31.4 Å². The fourth-order valence-electron chi connectivity index (χ4n) is 3.69. The Morgan fingerprint density at radius 2 is 1.97 bits per heavy atom. The van der Waals surface area contributed by atoms with Crippen molar-refractivity contribution in [3.8, 4) is 5.69 Å². The van der Waals surface area contributed by atoms with Gasteiger partial charge in [-0.05, 0) is 49.9 Å². The Hall–Kier alpha value is -2.84. The van der Waals surface area contributed by atoms with Gasteiger partial charge in [-0.2, -0.15) is 10.1 Å². The number of amides is 1. The molecule has 0 radical (unpaired) electrons.